The van der Waals surface area contributed by atoms with E-state index in [9.17, 15) is 13.6 Å². The van der Waals surface area contributed by atoms with Gasteiger partial charge in [-0.15, -0.1) is 0 Å². The maximum absolute atomic E-state index is 12.3. The molecule has 0 fully saturated rings. The highest BCUT2D eigenvalue weighted by molar-refractivity contribution is 6.34. The molecule has 0 unspecified atom stereocenters. The van der Waals surface area contributed by atoms with Crippen molar-refractivity contribution in [2.45, 2.75) is 13.2 Å². The molecule has 0 saturated heterocycles. The predicted molar refractivity (Wildman–Crippen MR) is 86.9 cm³/mol. The second-order valence-electron chi connectivity index (χ2n) is 4.63. The van der Waals surface area contributed by atoms with Crippen molar-refractivity contribution in [3.63, 3.8) is 0 Å². The highest BCUT2D eigenvalue weighted by Gasteiger charge is 2.11. The molecule has 0 atom stereocenters. The first-order valence-corrected chi connectivity index (χ1v) is 7.58. The van der Waals surface area contributed by atoms with Crippen molar-refractivity contribution in [2.75, 3.05) is 6.61 Å². The fourth-order valence-corrected chi connectivity index (χ4v) is 2.17. The lowest BCUT2D eigenvalue weighted by molar-refractivity contribution is -0.123. The zero-order valence-corrected chi connectivity index (χ0v) is 13.8. The van der Waals surface area contributed by atoms with E-state index in [4.69, 9.17) is 27.9 Å². The number of benzene rings is 2. The third kappa shape index (κ3) is 5.54. The van der Waals surface area contributed by atoms with Crippen LogP contribution in [0.5, 0.6) is 11.5 Å². The van der Waals surface area contributed by atoms with Gasteiger partial charge >= 0.3 is 6.61 Å². The Morgan fingerprint density at radius 3 is 2.62 bits per heavy atom. The van der Waals surface area contributed by atoms with Crippen molar-refractivity contribution in [2.24, 2.45) is 0 Å². The molecule has 4 nitrogen and oxygen atoms in total. The van der Waals surface area contributed by atoms with E-state index in [1.807, 2.05) is 0 Å². The quantitative estimate of drug-likeness (QED) is 0.784. The summed E-state index contributed by atoms with van der Waals surface area (Å²) in [5.41, 5.74) is 0.423. The summed E-state index contributed by atoms with van der Waals surface area (Å²) in [6.45, 7) is -3.21. The summed E-state index contributed by atoms with van der Waals surface area (Å²) in [6.07, 6.45) is 0. The minimum absolute atomic E-state index is 0.00611. The van der Waals surface area contributed by atoms with E-state index in [2.05, 4.69) is 10.1 Å². The van der Waals surface area contributed by atoms with Gasteiger partial charge in [0.05, 0.1) is 5.02 Å². The van der Waals surface area contributed by atoms with Gasteiger partial charge < -0.3 is 14.8 Å². The van der Waals surface area contributed by atoms with Gasteiger partial charge in [-0.1, -0.05) is 41.4 Å². The van der Waals surface area contributed by atoms with Crippen LogP contribution in [0.3, 0.4) is 0 Å². The second-order valence-corrected chi connectivity index (χ2v) is 5.47. The van der Waals surface area contributed by atoms with Gasteiger partial charge in [-0.05, 0) is 18.2 Å². The lowest BCUT2D eigenvalue weighted by atomic mass is 10.2. The van der Waals surface area contributed by atoms with Crippen LogP contribution in [0.4, 0.5) is 8.78 Å². The molecule has 1 N–H and O–H groups in total. The maximum atomic E-state index is 12.3. The van der Waals surface area contributed by atoms with Crippen LogP contribution in [-0.4, -0.2) is 19.1 Å². The molecule has 0 heterocycles. The van der Waals surface area contributed by atoms with Crippen LogP contribution in [-0.2, 0) is 11.3 Å². The Balaban J connectivity index is 1.88. The van der Waals surface area contributed by atoms with Crippen molar-refractivity contribution in [3.8, 4) is 11.5 Å². The summed E-state index contributed by atoms with van der Waals surface area (Å²) in [7, 11) is 0. The number of para-hydroxylation sites is 1. The molecule has 128 valence electrons. The number of nitrogens with one attached hydrogen (secondary N) is 1. The van der Waals surface area contributed by atoms with E-state index in [-0.39, 0.29) is 24.7 Å². The monoisotopic (exact) mass is 375 g/mol. The summed E-state index contributed by atoms with van der Waals surface area (Å²) in [5, 5.41) is 3.30. The third-order valence-corrected chi connectivity index (χ3v) is 3.46. The largest absolute Gasteiger partial charge is 0.482 e. The number of carbonyl (C=O) groups is 1. The number of alkyl halides is 2. The van der Waals surface area contributed by atoms with Gasteiger partial charge in [0.1, 0.15) is 11.5 Å². The Kier molecular flexibility index (Phi) is 6.63. The number of hydrogen-bond acceptors (Lipinski definition) is 3. The molecular formula is C16H13Cl2F2NO3. The lowest BCUT2D eigenvalue weighted by Crippen LogP contribution is -2.28. The molecule has 0 radical (unpaired) electrons. The zero-order valence-electron chi connectivity index (χ0n) is 12.3. The summed E-state index contributed by atoms with van der Waals surface area (Å²) in [5.74, 6) is -0.162. The predicted octanol–water partition coefficient (Wildman–Crippen LogP) is 4.29. The summed E-state index contributed by atoms with van der Waals surface area (Å²) in [4.78, 5) is 11.8. The van der Waals surface area contributed by atoms with Gasteiger partial charge in [0.2, 0.25) is 0 Å². The minimum Gasteiger partial charge on any atom is -0.482 e. The molecule has 0 aliphatic carbocycles. The van der Waals surface area contributed by atoms with Gasteiger partial charge in [-0.2, -0.15) is 8.78 Å². The third-order valence-electron chi connectivity index (χ3n) is 2.92. The van der Waals surface area contributed by atoms with Gasteiger partial charge in [-0.25, -0.2) is 0 Å². The van der Waals surface area contributed by atoms with Crippen LogP contribution in [0.2, 0.25) is 10.0 Å². The number of amides is 1. The van der Waals surface area contributed by atoms with Crippen molar-refractivity contribution in [3.05, 3.63) is 58.1 Å². The standard InChI is InChI=1S/C16H13Cl2F2NO3/c17-11-5-6-12(18)14(7-11)23-9-15(22)21-8-10-3-1-2-4-13(10)24-16(19)20/h1-7,16H,8-9H2,(H,21,22). The Bertz CT molecular complexity index is 713. The Morgan fingerprint density at radius 1 is 1.12 bits per heavy atom. The molecule has 24 heavy (non-hydrogen) atoms. The van der Waals surface area contributed by atoms with Gasteiger partial charge in [0.15, 0.2) is 6.61 Å². The van der Waals surface area contributed by atoms with Gasteiger partial charge in [0.25, 0.3) is 5.91 Å². The van der Waals surface area contributed by atoms with Crippen LogP contribution in [0.15, 0.2) is 42.5 Å². The molecule has 0 aliphatic rings. The molecule has 2 rings (SSSR count). The van der Waals surface area contributed by atoms with E-state index in [1.54, 1.807) is 30.3 Å². The number of rotatable bonds is 7. The van der Waals surface area contributed by atoms with E-state index in [1.165, 1.54) is 12.1 Å². The lowest BCUT2D eigenvalue weighted by Gasteiger charge is -2.12. The zero-order chi connectivity index (χ0) is 17.5. The fraction of sp³-hybridized carbons (Fsp3) is 0.188. The second kappa shape index (κ2) is 8.70. The van der Waals surface area contributed by atoms with E-state index < -0.39 is 12.5 Å². The maximum Gasteiger partial charge on any atom is 0.387 e. The van der Waals surface area contributed by atoms with Gasteiger partial charge in [-0.3, -0.25) is 4.79 Å². The van der Waals surface area contributed by atoms with Crippen molar-refractivity contribution < 1.29 is 23.0 Å². The van der Waals surface area contributed by atoms with Crippen LogP contribution < -0.4 is 14.8 Å². The molecule has 0 saturated carbocycles. The SMILES string of the molecule is O=C(COc1cc(Cl)ccc1Cl)NCc1ccccc1OC(F)F. The Hall–Kier alpha value is -2.05. The van der Waals surface area contributed by atoms with Crippen LogP contribution in [0.1, 0.15) is 5.56 Å². The smallest absolute Gasteiger partial charge is 0.387 e. The molecule has 0 aromatic heterocycles. The summed E-state index contributed by atoms with van der Waals surface area (Å²) < 4.78 is 34.3. The summed E-state index contributed by atoms with van der Waals surface area (Å²) in [6, 6.07) is 10.8. The van der Waals surface area contributed by atoms with Crippen LogP contribution in [0.25, 0.3) is 0 Å². The van der Waals surface area contributed by atoms with Crippen molar-refractivity contribution in [1.82, 2.24) is 5.32 Å². The number of hydrogen-bond donors (Lipinski definition) is 1. The highest BCUT2D eigenvalue weighted by atomic mass is 35.5. The number of halogens is 4. The van der Waals surface area contributed by atoms with E-state index >= 15 is 0 Å². The van der Waals surface area contributed by atoms with Crippen molar-refractivity contribution >= 4 is 29.1 Å². The molecule has 2 aromatic rings. The highest BCUT2D eigenvalue weighted by Crippen LogP contribution is 2.27. The molecular weight excluding hydrogens is 363 g/mol. The summed E-state index contributed by atoms with van der Waals surface area (Å²) >= 11 is 11.7. The van der Waals surface area contributed by atoms with Crippen LogP contribution >= 0.6 is 23.2 Å². The molecule has 0 spiro atoms. The number of ether oxygens (including phenoxy) is 2. The normalized spacial score (nSPS) is 10.5. The first-order chi connectivity index (χ1) is 11.5. The molecule has 1 amide bonds. The molecule has 0 bridgehead atoms. The Morgan fingerprint density at radius 2 is 1.88 bits per heavy atom. The molecule has 2 aromatic carbocycles. The Labute approximate surface area is 147 Å². The first-order valence-electron chi connectivity index (χ1n) is 6.83. The molecule has 0 aliphatic heterocycles. The van der Waals surface area contributed by atoms with E-state index in [0.29, 0.717) is 15.6 Å². The molecule has 8 heteroatoms. The van der Waals surface area contributed by atoms with Crippen LogP contribution in [0, 0.1) is 0 Å². The van der Waals surface area contributed by atoms with Gasteiger partial charge in [0, 0.05) is 23.2 Å². The van der Waals surface area contributed by atoms with Crippen molar-refractivity contribution in [1.29, 1.82) is 0 Å². The number of carbonyl (C=O) groups excluding carboxylic acids is 1. The minimum atomic E-state index is -2.94. The topological polar surface area (TPSA) is 47.6 Å². The van der Waals surface area contributed by atoms with E-state index in [0.717, 1.165) is 0 Å². The average molecular weight is 376 g/mol. The first kappa shape index (κ1) is 18.3. The average Bonchev–Trinajstić information content (AvgIpc) is 2.54. The fourth-order valence-electron chi connectivity index (χ4n) is 1.84.